The summed E-state index contributed by atoms with van der Waals surface area (Å²) in [6, 6.07) is 5.39. The highest BCUT2D eigenvalue weighted by molar-refractivity contribution is 8.11. The Kier molecular flexibility index (Phi) is 2.47. The van der Waals surface area contributed by atoms with E-state index in [2.05, 4.69) is 0 Å². The van der Waals surface area contributed by atoms with Gasteiger partial charge < -0.3 is 0 Å². The fraction of sp³-hybridized carbons (Fsp3) is 0.250. The number of rotatable bonds is 1. The first kappa shape index (κ1) is 10.2. The zero-order valence-electron chi connectivity index (χ0n) is 7.07. The fourth-order valence-corrected chi connectivity index (χ4v) is 2.63. The van der Waals surface area contributed by atoms with E-state index in [0.717, 1.165) is 11.1 Å². The molecule has 0 unspecified atom stereocenters. The van der Waals surface area contributed by atoms with Gasteiger partial charge in [0.25, 0.3) is 9.24 Å². The van der Waals surface area contributed by atoms with Crippen LogP contribution in [0.15, 0.2) is 18.2 Å². The van der Waals surface area contributed by atoms with Gasteiger partial charge in [-0.2, -0.15) is 12.7 Å². The topological polar surface area (TPSA) is 37.4 Å². The Hall–Kier alpha value is -0.290. The van der Waals surface area contributed by atoms with Crippen LogP contribution in [0, 0.1) is 0 Å². The van der Waals surface area contributed by atoms with Gasteiger partial charge in [0.2, 0.25) is 0 Å². The molecule has 0 amide bonds. The van der Waals surface area contributed by atoms with Crippen molar-refractivity contribution < 1.29 is 8.42 Å². The molecule has 0 spiro atoms. The lowest BCUT2D eigenvalue weighted by atomic mass is 10.1. The third-order valence-electron chi connectivity index (χ3n) is 2.21. The van der Waals surface area contributed by atoms with Gasteiger partial charge in [-0.05, 0) is 17.2 Å². The molecule has 0 aliphatic carbocycles. The zero-order chi connectivity index (χ0) is 10.3. The van der Waals surface area contributed by atoms with Crippen LogP contribution < -0.4 is 0 Å². The summed E-state index contributed by atoms with van der Waals surface area (Å²) in [5, 5.41) is 0.588. The summed E-state index contributed by atoms with van der Waals surface area (Å²) < 4.78 is 23.3. The van der Waals surface area contributed by atoms with Crippen molar-refractivity contribution in [3.63, 3.8) is 0 Å². The molecule has 0 saturated heterocycles. The molecular formula is C8H7Cl2NO2S. The van der Waals surface area contributed by atoms with Gasteiger partial charge in [0.05, 0.1) is 0 Å². The molecule has 1 aliphatic heterocycles. The summed E-state index contributed by atoms with van der Waals surface area (Å²) in [6.07, 6.45) is 0. The Morgan fingerprint density at radius 3 is 2.57 bits per heavy atom. The van der Waals surface area contributed by atoms with Crippen LogP contribution in [0.2, 0.25) is 5.02 Å². The van der Waals surface area contributed by atoms with Crippen LogP contribution in [0.25, 0.3) is 0 Å². The highest BCUT2D eigenvalue weighted by atomic mass is 35.7. The van der Waals surface area contributed by atoms with Gasteiger partial charge in [-0.15, -0.1) is 0 Å². The number of hydrogen-bond donors (Lipinski definition) is 0. The van der Waals surface area contributed by atoms with Gasteiger partial charge >= 0.3 is 0 Å². The molecule has 1 aromatic rings. The maximum Gasteiger partial charge on any atom is 0.300 e. The maximum atomic E-state index is 11.1. The monoisotopic (exact) mass is 251 g/mol. The fourth-order valence-electron chi connectivity index (χ4n) is 1.50. The molecule has 14 heavy (non-hydrogen) atoms. The summed E-state index contributed by atoms with van der Waals surface area (Å²) in [4.78, 5) is 0. The summed E-state index contributed by atoms with van der Waals surface area (Å²) in [5.41, 5.74) is 1.76. The Balaban J connectivity index is 2.40. The van der Waals surface area contributed by atoms with Crippen molar-refractivity contribution in [2.75, 3.05) is 0 Å². The van der Waals surface area contributed by atoms with Crippen molar-refractivity contribution in [1.29, 1.82) is 0 Å². The molecule has 1 aromatic carbocycles. The largest absolute Gasteiger partial charge is 0.300 e. The third-order valence-corrected chi connectivity index (χ3v) is 4.02. The minimum atomic E-state index is -3.64. The Bertz CT molecular complexity index is 472. The first-order chi connectivity index (χ1) is 6.48. The van der Waals surface area contributed by atoms with Crippen LogP contribution in [0.5, 0.6) is 0 Å². The molecule has 0 atom stereocenters. The second-order valence-corrected chi connectivity index (χ2v) is 6.01. The van der Waals surface area contributed by atoms with Crippen molar-refractivity contribution in [1.82, 2.24) is 4.31 Å². The molecule has 6 heteroatoms. The van der Waals surface area contributed by atoms with Gasteiger partial charge in [0.1, 0.15) is 0 Å². The van der Waals surface area contributed by atoms with E-state index in [1.807, 2.05) is 6.07 Å². The van der Waals surface area contributed by atoms with E-state index in [1.165, 1.54) is 4.31 Å². The molecule has 1 aliphatic rings. The molecule has 0 fully saturated rings. The summed E-state index contributed by atoms with van der Waals surface area (Å²) >= 11 is 5.92. The lowest BCUT2D eigenvalue weighted by Gasteiger charge is -2.08. The minimum Gasteiger partial charge on any atom is -0.195 e. The molecule has 1 heterocycles. The van der Waals surface area contributed by atoms with Crippen molar-refractivity contribution in [3.05, 3.63) is 34.3 Å². The van der Waals surface area contributed by atoms with Gasteiger partial charge in [0, 0.05) is 28.8 Å². The Morgan fingerprint density at radius 1 is 1.29 bits per heavy atom. The minimum absolute atomic E-state index is 0.265. The number of hydrogen-bond acceptors (Lipinski definition) is 2. The molecule has 0 N–H and O–H groups in total. The predicted molar refractivity (Wildman–Crippen MR) is 55.5 cm³/mol. The number of fused-ring (bicyclic) bond motifs is 1. The molecule has 3 nitrogen and oxygen atoms in total. The summed E-state index contributed by atoms with van der Waals surface area (Å²) in [6.45, 7) is 0.572. The van der Waals surface area contributed by atoms with Crippen LogP contribution in [0.3, 0.4) is 0 Å². The molecule has 76 valence electrons. The molecule has 0 saturated carbocycles. The zero-order valence-corrected chi connectivity index (χ0v) is 9.40. The molecule has 0 radical (unpaired) electrons. The maximum absolute atomic E-state index is 11.1. The van der Waals surface area contributed by atoms with Crippen molar-refractivity contribution >= 4 is 31.5 Å². The van der Waals surface area contributed by atoms with Crippen LogP contribution in [0.1, 0.15) is 11.1 Å². The number of nitrogens with zero attached hydrogens (tertiary/aromatic N) is 1. The average molecular weight is 252 g/mol. The third kappa shape index (κ3) is 1.75. The van der Waals surface area contributed by atoms with E-state index in [-0.39, 0.29) is 6.54 Å². The summed E-state index contributed by atoms with van der Waals surface area (Å²) in [5.74, 6) is 0. The van der Waals surface area contributed by atoms with Crippen LogP contribution in [-0.2, 0) is 22.3 Å². The number of halogens is 2. The Morgan fingerprint density at radius 2 is 2.00 bits per heavy atom. The first-order valence-corrected chi connectivity index (χ1v) is 6.59. The normalized spacial score (nSPS) is 17.0. The second kappa shape index (κ2) is 3.38. The van der Waals surface area contributed by atoms with Crippen molar-refractivity contribution in [2.24, 2.45) is 0 Å². The molecule has 0 aromatic heterocycles. The second-order valence-electron chi connectivity index (χ2n) is 3.09. The molecule has 0 bridgehead atoms. The van der Waals surface area contributed by atoms with Gasteiger partial charge in [-0.3, -0.25) is 0 Å². The van der Waals surface area contributed by atoms with E-state index < -0.39 is 9.24 Å². The van der Waals surface area contributed by atoms with Crippen molar-refractivity contribution in [2.45, 2.75) is 13.1 Å². The lowest BCUT2D eigenvalue weighted by Crippen LogP contribution is -2.20. The van der Waals surface area contributed by atoms with Gasteiger partial charge in [-0.25, -0.2) is 0 Å². The quantitative estimate of drug-likeness (QED) is 0.718. The lowest BCUT2D eigenvalue weighted by molar-refractivity contribution is 0.444. The Labute approximate surface area is 91.8 Å². The molecular weight excluding hydrogens is 245 g/mol. The van der Waals surface area contributed by atoms with E-state index in [0.29, 0.717) is 11.6 Å². The molecule has 2 rings (SSSR count). The van der Waals surface area contributed by atoms with Gasteiger partial charge in [0.15, 0.2) is 0 Å². The van der Waals surface area contributed by atoms with E-state index in [9.17, 15) is 8.42 Å². The predicted octanol–water partition coefficient (Wildman–Crippen LogP) is 2.14. The van der Waals surface area contributed by atoms with E-state index in [1.54, 1.807) is 12.1 Å². The van der Waals surface area contributed by atoms with Gasteiger partial charge in [-0.1, -0.05) is 23.7 Å². The smallest absolute Gasteiger partial charge is 0.195 e. The average Bonchev–Trinajstić information content (AvgIpc) is 2.48. The number of benzene rings is 1. The van der Waals surface area contributed by atoms with Crippen molar-refractivity contribution in [3.8, 4) is 0 Å². The van der Waals surface area contributed by atoms with E-state index in [4.69, 9.17) is 22.3 Å². The van der Waals surface area contributed by atoms with E-state index >= 15 is 0 Å². The van der Waals surface area contributed by atoms with Crippen LogP contribution in [-0.4, -0.2) is 12.7 Å². The highest BCUT2D eigenvalue weighted by Gasteiger charge is 2.28. The standard InChI is InChI=1S/C8H7Cl2NO2S/c9-8-3-1-2-6-4-11(5-7(6)8)14(10,12)13/h1-3H,4-5H2. The van der Waals surface area contributed by atoms with Crippen LogP contribution in [0.4, 0.5) is 0 Å². The summed E-state index contributed by atoms with van der Waals surface area (Å²) in [7, 11) is 1.60. The highest BCUT2D eigenvalue weighted by Crippen LogP contribution is 2.31. The van der Waals surface area contributed by atoms with Crippen LogP contribution >= 0.6 is 22.3 Å². The SMILES string of the molecule is O=S(=O)(Cl)N1Cc2cccc(Cl)c2C1. The first-order valence-electron chi connectivity index (χ1n) is 3.94.